The van der Waals surface area contributed by atoms with Crippen LogP contribution in [0.2, 0.25) is 0 Å². The van der Waals surface area contributed by atoms with Crippen LogP contribution in [0.5, 0.6) is 0 Å². The van der Waals surface area contributed by atoms with E-state index in [-0.39, 0.29) is 11.6 Å². The summed E-state index contributed by atoms with van der Waals surface area (Å²) in [6, 6.07) is 3.42. The van der Waals surface area contributed by atoms with Crippen molar-refractivity contribution in [3.63, 3.8) is 0 Å². The summed E-state index contributed by atoms with van der Waals surface area (Å²) in [6.45, 7) is 2.33. The standard InChI is InChI=1S/C12H16F2N2O/c1-2-8(6-7-15)16-12(17)9-4-3-5-10(13)11(9)14/h3-5,8H,2,6-7,15H2,1H3,(H,16,17). The molecule has 1 atom stereocenters. The molecule has 1 unspecified atom stereocenters. The second-order valence-corrected chi connectivity index (χ2v) is 3.76. The third-order valence-electron chi connectivity index (χ3n) is 2.54. The van der Waals surface area contributed by atoms with Gasteiger partial charge in [-0.15, -0.1) is 0 Å². The highest BCUT2D eigenvalue weighted by Crippen LogP contribution is 2.11. The SMILES string of the molecule is CCC(CCN)NC(=O)c1cccc(F)c1F. The molecule has 3 nitrogen and oxygen atoms in total. The molecule has 1 rings (SSSR count). The molecular weight excluding hydrogens is 226 g/mol. The zero-order chi connectivity index (χ0) is 12.8. The van der Waals surface area contributed by atoms with Crippen molar-refractivity contribution in [2.24, 2.45) is 5.73 Å². The number of halogens is 2. The second kappa shape index (κ2) is 6.30. The van der Waals surface area contributed by atoms with Crippen LogP contribution in [0, 0.1) is 11.6 Å². The normalized spacial score (nSPS) is 12.2. The van der Waals surface area contributed by atoms with Gasteiger partial charge in [0.1, 0.15) is 0 Å². The minimum atomic E-state index is -1.12. The van der Waals surface area contributed by atoms with Crippen molar-refractivity contribution in [3.05, 3.63) is 35.4 Å². The molecule has 0 aliphatic carbocycles. The molecular formula is C12H16F2N2O. The zero-order valence-corrected chi connectivity index (χ0v) is 9.67. The molecule has 0 spiro atoms. The van der Waals surface area contributed by atoms with Crippen molar-refractivity contribution in [1.82, 2.24) is 5.32 Å². The Morgan fingerprint density at radius 3 is 2.76 bits per heavy atom. The lowest BCUT2D eigenvalue weighted by atomic mass is 10.1. The molecule has 5 heteroatoms. The fourth-order valence-corrected chi connectivity index (χ4v) is 1.52. The van der Waals surface area contributed by atoms with E-state index in [0.717, 1.165) is 6.07 Å². The first kappa shape index (κ1) is 13.6. The van der Waals surface area contributed by atoms with Gasteiger partial charge in [-0.1, -0.05) is 13.0 Å². The van der Waals surface area contributed by atoms with Crippen molar-refractivity contribution in [1.29, 1.82) is 0 Å². The van der Waals surface area contributed by atoms with Gasteiger partial charge in [0.15, 0.2) is 11.6 Å². The fraction of sp³-hybridized carbons (Fsp3) is 0.417. The first-order valence-electron chi connectivity index (χ1n) is 5.55. The van der Waals surface area contributed by atoms with Crippen molar-refractivity contribution >= 4 is 5.91 Å². The van der Waals surface area contributed by atoms with Gasteiger partial charge in [0.05, 0.1) is 5.56 Å². The monoisotopic (exact) mass is 242 g/mol. The number of nitrogens with one attached hydrogen (secondary N) is 1. The van der Waals surface area contributed by atoms with E-state index < -0.39 is 17.5 Å². The summed E-state index contributed by atoms with van der Waals surface area (Å²) in [5.74, 6) is -2.75. The topological polar surface area (TPSA) is 55.1 Å². The van der Waals surface area contributed by atoms with E-state index in [1.807, 2.05) is 6.92 Å². The van der Waals surface area contributed by atoms with Crippen LogP contribution in [0.1, 0.15) is 30.1 Å². The maximum atomic E-state index is 13.3. The molecule has 17 heavy (non-hydrogen) atoms. The third-order valence-corrected chi connectivity index (χ3v) is 2.54. The van der Waals surface area contributed by atoms with Crippen LogP contribution in [0.3, 0.4) is 0 Å². The molecule has 3 N–H and O–H groups in total. The van der Waals surface area contributed by atoms with Crippen LogP contribution in [0.15, 0.2) is 18.2 Å². The van der Waals surface area contributed by atoms with Crippen molar-refractivity contribution in [2.75, 3.05) is 6.54 Å². The van der Waals surface area contributed by atoms with E-state index in [2.05, 4.69) is 5.32 Å². The Labute approximate surface area is 99.0 Å². The summed E-state index contributed by atoms with van der Waals surface area (Å²) in [6.07, 6.45) is 1.30. The number of carbonyl (C=O) groups is 1. The van der Waals surface area contributed by atoms with Crippen LogP contribution >= 0.6 is 0 Å². The number of nitrogens with two attached hydrogens (primary N) is 1. The largest absolute Gasteiger partial charge is 0.349 e. The van der Waals surface area contributed by atoms with Gasteiger partial charge in [0, 0.05) is 6.04 Å². The first-order chi connectivity index (χ1) is 8.10. The van der Waals surface area contributed by atoms with Crippen molar-refractivity contribution < 1.29 is 13.6 Å². The lowest BCUT2D eigenvalue weighted by molar-refractivity contribution is 0.0929. The molecule has 0 aliphatic rings. The van der Waals surface area contributed by atoms with Crippen molar-refractivity contribution in [2.45, 2.75) is 25.8 Å². The lowest BCUT2D eigenvalue weighted by Gasteiger charge is -2.16. The van der Waals surface area contributed by atoms with Gasteiger partial charge >= 0.3 is 0 Å². The van der Waals surface area contributed by atoms with E-state index >= 15 is 0 Å². The third kappa shape index (κ3) is 3.49. The summed E-state index contributed by atoms with van der Waals surface area (Å²) in [4.78, 5) is 11.7. The summed E-state index contributed by atoms with van der Waals surface area (Å²) >= 11 is 0. The van der Waals surface area contributed by atoms with Crippen LogP contribution in [-0.4, -0.2) is 18.5 Å². The Balaban J connectivity index is 2.79. The van der Waals surface area contributed by atoms with E-state index in [0.29, 0.717) is 19.4 Å². The van der Waals surface area contributed by atoms with Crippen molar-refractivity contribution in [3.8, 4) is 0 Å². The molecule has 0 radical (unpaired) electrons. The summed E-state index contributed by atoms with van der Waals surface area (Å²) in [5.41, 5.74) is 5.11. The number of rotatable bonds is 5. The molecule has 1 aromatic rings. The number of carbonyl (C=O) groups excluding carboxylic acids is 1. The van der Waals surface area contributed by atoms with E-state index in [1.54, 1.807) is 0 Å². The molecule has 94 valence electrons. The Bertz CT molecular complexity index is 396. The second-order valence-electron chi connectivity index (χ2n) is 3.76. The number of amides is 1. The van der Waals surface area contributed by atoms with E-state index in [9.17, 15) is 13.6 Å². The molecule has 0 bridgehead atoms. The van der Waals surface area contributed by atoms with Gasteiger partial charge in [0.25, 0.3) is 5.91 Å². The highest BCUT2D eigenvalue weighted by Gasteiger charge is 2.17. The van der Waals surface area contributed by atoms with Gasteiger partial charge in [-0.2, -0.15) is 0 Å². The maximum Gasteiger partial charge on any atom is 0.254 e. The van der Waals surface area contributed by atoms with E-state index in [1.165, 1.54) is 12.1 Å². The fourth-order valence-electron chi connectivity index (χ4n) is 1.52. The predicted octanol–water partition coefficient (Wildman–Crippen LogP) is 1.82. The number of hydrogen-bond acceptors (Lipinski definition) is 2. The Kier molecular flexibility index (Phi) is 5.03. The van der Waals surface area contributed by atoms with Gasteiger partial charge in [0.2, 0.25) is 0 Å². The number of hydrogen-bond donors (Lipinski definition) is 2. The highest BCUT2D eigenvalue weighted by molar-refractivity contribution is 5.94. The van der Waals surface area contributed by atoms with Crippen LogP contribution in [0.25, 0.3) is 0 Å². The van der Waals surface area contributed by atoms with Crippen LogP contribution < -0.4 is 11.1 Å². The average Bonchev–Trinajstić information content (AvgIpc) is 2.31. The van der Waals surface area contributed by atoms with Crippen LogP contribution in [-0.2, 0) is 0 Å². The zero-order valence-electron chi connectivity index (χ0n) is 9.67. The Morgan fingerprint density at radius 1 is 1.47 bits per heavy atom. The molecule has 1 amide bonds. The quantitative estimate of drug-likeness (QED) is 0.827. The maximum absolute atomic E-state index is 13.3. The molecule has 0 aliphatic heterocycles. The lowest BCUT2D eigenvalue weighted by Crippen LogP contribution is -2.36. The summed E-state index contributed by atoms with van der Waals surface area (Å²) in [5, 5.41) is 2.63. The first-order valence-corrected chi connectivity index (χ1v) is 5.55. The van der Waals surface area contributed by atoms with Crippen LogP contribution in [0.4, 0.5) is 8.78 Å². The molecule has 0 saturated carbocycles. The van der Waals surface area contributed by atoms with Gasteiger partial charge < -0.3 is 11.1 Å². The number of benzene rings is 1. The molecule has 0 aromatic heterocycles. The van der Waals surface area contributed by atoms with Gasteiger partial charge in [-0.05, 0) is 31.5 Å². The molecule has 1 aromatic carbocycles. The summed E-state index contributed by atoms with van der Waals surface area (Å²) in [7, 11) is 0. The molecule has 0 fully saturated rings. The minimum absolute atomic E-state index is 0.116. The predicted molar refractivity (Wildman–Crippen MR) is 61.6 cm³/mol. The minimum Gasteiger partial charge on any atom is -0.349 e. The van der Waals surface area contributed by atoms with E-state index in [4.69, 9.17) is 5.73 Å². The highest BCUT2D eigenvalue weighted by atomic mass is 19.2. The molecule has 0 saturated heterocycles. The Hall–Kier alpha value is -1.49. The summed E-state index contributed by atoms with van der Waals surface area (Å²) < 4.78 is 26.3. The smallest absolute Gasteiger partial charge is 0.254 e. The van der Waals surface area contributed by atoms with Gasteiger partial charge in [-0.3, -0.25) is 4.79 Å². The van der Waals surface area contributed by atoms with Gasteiger partial charge in [-0.25, -0.2) is 8.78 Å². The Morgan fingerprint density at radius 2 is 2.18 bits per heavy atom. The average molecular weight is 242 g/mol. The molecule has 0 heterocycles.